The summed E-state index contributed by atoms with van der Waals surface area (Å²) in [4.78, 5) is 28.9. The normalized spacial score (nSPS) is 10.4. The van der Waals surface area contributed by atoms with Crippen LogP contribution in [0.1, 0.15) is 0 Å². The zero-order valence-corrected chi connectivity index (χ0v) is 16.5. The van der Waals surface area contributed by atoms with Gasteiger partial charge in [-0.15, -0.1) is 0 Å². The number of rotatable bonds is 7. The predicted molar refractivity (Wildman–Crippen MR) is 109 cm³/mol. The summed E-state index contributed by atoms with van der Waals surface area (Å²) >= 11 is 0.999. The van der Waals surface area contributed by atoms with Crippen LogP contribution in [0.25, 0.3) is 5.69 Å². The molecule has 0 bridgehead atoms. The Morgan fingerprint density at radius 2 is 1.97 bits per heavy atom. The van der Waals surface area contributed by atoms with E-state index in [1.165, 1.54) is 49.4 Å². The number of nitrogens with zero attached hydrogens (tertiary/aromatic N) is 2. The van der Waals surface area contributed by atoms with Gasteiger partial charge in [0.15, 0.2) is 16.5 Å². The minimum atomic E-state index is -0.449. The second-order valence-electron chi connectivity index (χ2n) is 5.79. The molecule has 1 heterocycles. The van der Waals surface area contributed by atoms with Gasteiger partial charge in [-0.25, -0.2) is 9.37 Å². The summed E-state index contributed by atoms with van der Waals surface area (Å²) in [6.07, 6.45) is 2.88. The average Bonchev–Trinajstić information content (AvgIpc) is 2.73. The number of nitrogens with one attached hydrogen (secondary N) is 1. The minimum Gasteiger partial charge on any atom is -0.493 e. The summed E-state index contributed by atoms with van der Waals surface area (Å²) < 4.78 is 25.1. The number of hydrogen-bond acceptors (Lipinski definition) is 6. The third kappa shape index (κ3) is 4.94. The van der Waals surface area contributed by atoms with Crippen molar-refractivity contribution in [1.29, 1.82) is 0 Å². The number of carbonyl (C=O) groups is 1. The van der Waals surface area contributed by atoms with E-state index in [4.69, 9.17) is 9.47 Å². The highest BCUT2D eigenvalue weighted by Gasteiger charge is 2.12. The molecule has 9 heteroatoms. The van der Waals surface area contributed by atoms with Crippen LogP contribution in [-0.4, -0.2) is 35.4 Å². The molecule has 0 aliphatic rings. The first-order valence-corrected chi connectivity index (χ1v) is 9.48. The van der Waals surface area contributed by atoms with Gasteiger partial charge < -0.3 is 14.8 Å². The fourth-order valence-electron chi connectivity index (χ4n) is 2.57. The van der Waals surface area contributed by atoms with Gasteiger partial charge in [0.05, 0.1) is 25.7 Å². The Hall–Kier alpha value is -3.33. The van der Waals surface area contributed by atoms with Gasteiger partial charge in [-0.1, -0.05) is 17.8 Å². The van der Waals surface area contributed by atoms with E-state index in [9.17, 15) is 14.0 Å². The van der Waals surface area contributed by atoms with Crippen LogP contribution in [-0.2, 0) is 4.79 Å². The molecule has 0 atom stereocenters. The molecule has 0 spiro atoms. The first kappa shape index (κ1) is 20.4. The van der Waals surface area contributed by atoms with E-state index in [1.807, 2.05) is 0 Å². The number of amides is 1. The van der Waals surface area contributed by atoms with Crippen molar-refractivity contribution < 1.29 is 18.7 Å². The van der Waals surface area contributed by atoms with Crippen molar-refractivity contribution in [2.45, 2.75) is 5.03 Å². The van der Waals surface area contributed by atoms with Gasteiger partial charge in [-0.2, -0.15) is 0 Å². The number of aromatic nitrogens is 2. The highest BCUT2D eigenvalue weighted by atomic mass is 32.2. The molecule has 2 aromatic carbocycles. The number of hydrogen-bond donors (Lipinski definition) is 1. The fourth-order valence-corrected chi connectivity index (χ4v) is 3.26. The number of carbonyl (C=O) groups excluding carboxylic acids is 1. The number of ether oxygens (including phenoxy) is 2. The number of thioether (sulfide) groups is 1. The molecule has 1 aromatic heterocycles. The zero-order chi connectivity index (χ0) is 20.8. The van der Waals surface area contributed by atoms with Gasteiger partial charge in [-0.05, 0) is 30.3 Å². The van der Waals surface area contributed by atoms with Crippen molar-refractivity contribution in [2.75, 3.05) is 25.3 Å². The predicted octanol–water partition coefficient (Wildman–Crippen LogP) is 3.12. The summed E-state index contributed by atoms with van der Waals surface area (Å²) in [5.41, 5.74) is 0.488. The molecule has 3 aromatic rings. The molecule has 0 unspecified atom stereocenters. The van der Waals surface area contributed by atoms with Crippen molar-refractivity contribution in [1.82, 2.24) is 9.55 Å². The maximum absolute atomic E-state index is 13.4. The molecule has 0 radical (unpaired) electrons. The maximum atomic E-state index is 13.4. The van der Waals surface area contributed by atoms with Crippen LogP contribution in [0.4, 0.5) is 10.1 Å². The Morgan fingerprint density at radius 3 is 2.69 bits per heavy atom. The second kappa shape index (κ2) is 9.24. The van der Waals surface area contributed by atoms with Crippen LogP contribution in [0, 0.1) is 5.82 Å². The van der Waals surface area contributed by atoms with E-state index in [2.05, 4.69) is 10.3 Å². The summed E-state index contributed by atoms with van der Waals surface area (Å²) in [7, 11) is 3.03. The van der Waals surface area contributed by atoms with Gasteiger partial charge in [0.1, 0.15) is 5.82 Å². The highest BCUT2D eigenvalue weighted by molar-refractivity contribution is 7.99. The third-order valence-electron chi connectivity index (χ3n) is 3.90. The van der Waals surface area contributed by atoms with Crippen LogP contribution in [0.5, 0.6) is 11.5 Å². The first-order chi connectivity index (χ1) is 14.0. The molecule has 0 fully saturated rings. The topological polar surface area (TPSA) is 82.5 Å². The van der Waals surface area contributed by atoms with Crippen LogP contribution < -0.4 is 20.3 Å². The third-order valence-corrected chi connectivity index (χ3v) is 4.86. The van der Waals surface area contributed by atoms with E-state index >= 15 is 0 Å². The van der Waals surface area contributed by atoms with Gasteiger partial charge >= 0.3 is 0 Å². The molecule has 0 saturated heterocycles. The highest BCUT2D eigenvalue weighted by Crippen LogP contribution is 2.29. The molecule has 1 amide bonds. The number of benzene rings is 2. The molecule has 0 aliphatic heterocycles. The summed E-state index contributed by atoms with van der Waals surface area (Å²) in [6, 6.07) is 10.7. The molecule has 1 N–H and O–H groups in total. The maximum Gasteiger partial charge on any atom is 0.287 e. The molecule has 0 aliphatic carbocycles. The second-order valence-corrected chi connectivity index (χ2v) is 6.76. The van der Waals surface area contributed by atoms with Crippen molar-refractivity contribution in [3.63, 3.8) is 0 Å². The van der Waals surface area contributed by atoms with Crippen LogP contribution in [0.2, 0.25) is 0 Å². The molecular formula is C20H18FN3O4S. The van der Waals surface area contributed by atoms with Crippen molar-refractivity contribution in [3.05, 3.63) is 71.0 Å². The Bertz CT molecular complexity index is 1090. The van der Waals surface area contributed by atoms with Crippen molar-refractivity contribution in [2.24, 2.45) is 0 Å². The summed E-state index contributed by atoms with van der Waals surface area (Å²) in [5.74, 6) is 0.246. The Kier molecular flexibility index (Phi) is 6.50. The number of halogens is 1. The van der Waals surface area contributed by atoms with E-state index in [0.717, 1.165) is 11.8 Å². The quantitative estimate of drug-likeness (QED) is 0.597. The SMILES string of the molecule is COc1ccc(NC(=O)CSc2nccn(-c3cccc(F)c3)c2=O)cc1OC. The Labute approximate surface area is 170 Å². The van der Waals surface area contributed by atoms with Crippen LogP contribution in [0.15, 0.2) is 64.7 Å². The van der Waals surface area contributed by atoms with Crippen LogP contribution in [0.3, 0.4) is 0 Å². The summed E-state index contributed by atoms with van der Waals surface area (Å²) in [5, 5.41) is 2.87. The van der Waals surface area contributed by atoms with E-state index in [1.54, 1.807) is 24.3 Å². The van der Waals surface area contributed by atoms with Gasteiger partial charge in [-0.3, -0.25) is 14.2 Å². The van der Waals surface area contributed by atoms with E-state index < -0.39 is 11.4 Å². The molecule has 150 valence electrons. The largest absolute Gasteiger partial charge is 0.493 e. The molecule has 7 nitrogen and oxygen atoms in total. The average molecular weight is 415 g/mol. The molecule has 3 rings (SSSR count). The smallest absolute Gasteiger partial charge is 0.287 e. The van der Waals surface area contributed by atoms with E-state index in [-0.39, 0.29) is 16.7 Å². The Morgan fingerprint density at radius 1 is 1.17 bits per heavy atom. The van der Waals surface area contributed by atoms with Crippen LogP contribution >= 0.6 is 11.8 Å². The molecule has 0 saturated carbocycles. The lowest BCUT2D eigenvalue weighted by Gasteiger charge is -2.10. The lowest BCUT2D eigenvalue weighted by molar-refractivity contribution is -0.113. The Balaban J connectivity index is 1.69. The van der Waals surface area contributed by atoms with Gasteiger partial charge in [0.2, 0.25) is 5.91 Å². The lowest BCUT2D eigenvalue weighted by atomic mass is 10.2. The van der Waals surface area contributed by atoms with Gasteiger partial charge in [0, 0.05) is 24.1 Å². The number of anilines is 1. The van der Waals surface area contributed by atoms with Gasteiger partial charge in [0.25, 0.3) is 5.56 Å². The summed E-state index contributed by atoms with van der Waals surface area (Å²) in [6.45, 7) is 0. The van der Waals surface area contributed by atoms with Crippen molar-refractivity contribution >= 4 is 23.4 Å². The molecule has 29 heavy (non-hydrogen) atoms. The molecular weight excluding hydrogens is 397 g/mol. The minimum absolute atomic E-state index is 0.0241. The number of methoxy groups -OCH3 is 2. The monoisotopic (exact) mass is 415 g/mol. The standard InChI is InChI=1S/C20H18FN3O4S/c1-27-16-7-6-14(11-17(16)28-2)23-18(25)12-29-19-20(26)24(9-8-22-19)15-5-3-4-13(21)10-15/h3-11H,12H2,1-2H3,(H,23,25). The first-order valence-electron chi connectivity index (χ1n) is 8.50. The van der Waals surface area contributed by atoms with E-state index in [0.29, 0.717) is 22.9 Å². The lowest BCUT2D eigenvalue weighted by Crippen LogP contribution is -2.22. The fraction of sp³-hybridized carbons (Fsp3) is 0.150. The zero-order valence-electron chi connectivity index (χ0n) is 15.7. The van der Waals surface area contributed by atoms with Crippen molar-refractivity contribution in [3.8, 4) is 17.2 Å².